The first kappa shape index (κ1) is 15.5. The summed E-state index contributed by atoms with van der Waals surface area (Å²) in [6, 6.07) is 11.7. The molecule has 23 heavy (non-hydrogen) atoms. The molecule has 0 bridgehead atoms. The fourth-order valence-corrected chi connectivity index (χ4v) is 3.00. The van der Waals surface area contributed by atoms with Crippen molar-refractivity contribution in [1.82, 2.24) is 4.98 Å². The van der Waals surface area contributed by atoms with Crippen molar-refractivity contribution in [2.45, 2.75) is 26.7 Å². The van der Waals surface area contributed by atoms with E-state index in [1.54, 1.807) is 6.20 Å². The first-order valence-electron chi connectivity index (χ1n) is 8.21. The van der Waals surface area contributed by atoms with Crippen LogP contribution in [-0.2, 0) is 0 Å². The van der Waals surface area contributed by atoms with Crippen LogP contribution < -0.4 is 10.2 Å². The Balaban J connectivity index is 1.73. The predicted molar refractivity (Wildman–Crippen MR) is 94.0 cm³/mol. The van der Waals surface area contributed by atoms with Crippen LogP contribution in [0.25, 0.3) is 0 Å². The second kappa shape index (κ2) is 6.82. The first-order valence-corrected chi connectivity index (χ1v) is 8.21. The molecule has 0 spiro atoms. The van der Waals surface area contributed by atoms with Gasteiger partial charge in [-0.2, -0.15) is 0 Å². The average molecular weight is 309 g/mol. The van der Waals surface area contributed by atoms with Gasteiger partial charge in [-0.3, -0.25) is 9.78 Å². The summed E-state index contributed by atoms with van der Waals surface area (Å²) in [7, 11) is 0. The van der Waals surface area contributed by atoms with Gasteiger partial charge in [0.1, 0.15) is 5.69 Å². The number of carbonyl (C=O) groups is 1. The molecule has 120 valence electrons. The predicted octanol–water partition coefficient (Wildman–Crippen LogP) is 3.88. The molecule has 0 aliphatic carbocycles. The van der Waals surface area contributed by atoms with E-state index in [4.69, 9.17) is 0 Å². The zero-order chi connectivity index (χ0) is 16.2. The molecule has 1 atom stereocenters. The highest BCUT2D eigenvalue weighted by molar-refractivity contribution is 6.03. The number of anilines is 2. The van der Waals surface area contributed by atoms with Crippen LogP contribution >= 0.6 is 0 Å². The van der Waals surface area contributed by atoms with Crippen LogP contribution in [0.2, 0.25) is 0 Å². The Labute approximate surface area is 137 Å². The number of pyridine rings is 1. The maximum absolute atomic E-state index is 12.4. The lowest BCUT2D eigenvalue weighted by atomic mass is 10.00. The van der Waals surface area contributed by atoms with Crippen molar-refractivity contribution in [3.63, 3.8) is 0 Å². The molecule has 1 saturated heterocycles. The van der Waals surface area contributed by atoms with Crippen molar-refractivity contribution < 1.29 is 4.79 Å². The van der Waals surface area contributed by atoms with E-state index in [0.29, 0.717) is 11.6 Å². The molecule has 1 fully saturated rings. The third-order valence-electron chi connectivity index (χ3n) is 4.31. The van der Waals surface area contributed by atoms with Gasteiger partial charge in [0.25, 0.3) is 5.91 Å². The Morgan fingerprint density at radius 2 is 2.04 bits per heavy atom. The van der Waals surface area contributed by atoms with Crippen LogP contribution in [-0.4, -0.2) is 24.0 Å². The highest BCUT2D eigenvalue weighted by atomic mass is 16.1. The third kappa shape index (κ3) is 3.89. The van der Waals surface area contributed by atoms with E-state index in [1.807, 2.05) is 43.3 Å². The van der Waals surface area contributed by atoms with Crippen LogP contribution in [0.5, 0.6) is 0 Å². The van der Waals surface area contributed by atoms with E-state index in [1.165, 1.54) is 18.4 Å². The number of piperidine rings is 1. The fourth-order valence-electron chi connectivity index (χ4n) is 3.00. The number of nitrogens with one attached hydrogen (secondary N) is 1. The van der Waals surface area contributed by atoms with Crippen molar-refractivity contribution in [3.8, 4) is 0 Å². The Kier molecular flexibility index (Phi) is 4.60. The normalized spacial score (nSPS) is 17.8. The molecule has 0 radical (unpaired) electrons. The number of carbonyl (C=O) groups excluding carboxylic acids is 1. The van der Waals surface area contributed by atoms with Gasteiger partial charge in [-0.25, -0.2) is 0 Å². The smallest absolute Gasteiger partial charge is 0.274 e. The van der Waals surface area contributed by atoms with E-state index < -0.39 is 0 Å². The lowest BCUT2D eigenvalue weighted by Gasteiger charge is -2.32. The summed E-state index contributed by atoms with van der Waals surface area (Å²) in [5.41, 5.74) is 3.50. The van der Waals surface area contributed by atoms with Crippen LogP contribution in [0, 0.1) is 12.8 Å². The molecule has 2 aromatic rings. The monoisotopic (exact) mass is 309 g/mol. The zero-order valence-electron chi connectivity index (χ0n) is 13.7. The summed E-state index contributed by atoms with van der Waals surface area (Å²) in [4.78, 5) is 19.0. The number of rotatable bonds is 3. The molecule has 1 aromatic carbocycles. The highest BCUT2D eigenvalue weighted by Crippen LogP contribution is 2.23. The van der Waals surface area contributed by atoms with Crippen LogP contribution in [0.15, 0.2) is 42.6 Å². The second-order valence-corrected chi connectivity index (χ2v) is 6.41. The summed E-state index contributed by atoms with van der Waals surface area (Å²) in [6.45, 7) is 6.39. The number of aryl methyl sites for hydroxylation is 1. The van der Waals surface area contributed by atoms with Crippen molar-refractivity contribution in [3.05, 3.63) is 53.9 Å². The molecule has 0 saturated carbocycles. The van der Waals surface area contributed by atoms with Gasteiger partial charge in [-0.15, -0.1) is 0 Å². The van der Waals surface area contributed by atoms with E-state index in [9.17, 15) is 4.79 Å². The number of hydrogen-bond donors (Lipinski definition) is 1. The SMILES string of the molecule is Cc1ccc(NC(=O)c2cc(N3CCCC(C)C3)ccn2)cc1. The van der Waals surface area contributed by atoms with Crippen molar-refractivity contribution in [1.29, 1.82) is 0 Å². The van der Waals surface area contributed by atoms with Gasteiger partial charge in [-0.05, 0) is 49.9 Å². The van der Waals surface area contributed by atoms with E-state index in [0.717, 1.165) is 24.5 Å². The molecular weight excluding hydrogens is 286 g/mol. The molecule has 4 nitrogen and oxygen atoms in total. The Morgan fingerprint density at radius 1 is 1.26 bits per heavy atom. The van der Waals surface area contributed by atoms with Crippen molar-refractivity contribution >= 4 is 17.3 Å². The largest absolute Gasteiger partial charge is 0.371 e. The molecule has 3 rings (SSSR count). The molecular formula is C19H23N3O. The first-order chi connectivity index (χ1) is 11.1. The number of aromatic nitrogens is 1. The maximum Gasteiger partial charge on any atom is 0.274 e. The summed E-state index contributed by atoms with van der Waals surface area (Å²) < 4.78 is 0. The lowest BCUT2D eigenvalue weighted by molar-refractivity contribution is 0.102. The minimum absolute atomic E-state index is 0.166. The van der Waals surface area contributed by atoms with E-state index in [2.05, 4.69) is 22.1 Å². The molecule has 1 unspecified atom stereocenters. The topological polar surface area (TPSA) is 45.2 Å². The molecule has 1 aromatic heterocycles. The highest BCUT2D eigenvalue weighted by Gasteiger charge is 2.18. The average Bonchev–Trinajstić information content (AvgIpc) is 2.57. The summed E-state index contributed by atoms with van der Waals surface area (Å²) in [5, 5.41) is 2.90. The number of nitrogens with zero attached hydrogens (tertiary/aromatic N) is 2. The van der Waals surface area contributed by atoms with Gasteiger partial charge in [0.05, 0.1) is 0 Å². The Hall–Kier alpha value is -2.36. The lowest BCUT2D eigenvalue weighted by Crippen LogP contribution is -2.34. The number of benzene rings is 1. The Bertz CT molecular complexity index is 681. The standard InChI is InChI=1S/C19H23N3O/c1-14-5-7-16(8-6-14)21-19(23)18-12-17(9-10-20-18)22-11-3-4-15(2)13-22/h5-10,12,15H,3-4,11,13H2,1-2H3,(H,21,23). The van der Waals surface area contributed by atoms with E-state index >= 15 is 0 Å². The van der Waals surface area contributed by atoms with Crippen molar-refractivity contribution in [2.24, 2.45) is 5.92 Å². The minimum Gasteiger partial charge on any atom is -0.371 e. The van der Waals surface area contributed by atoms with Gasteiger partial charge >= 0.3 is 0 Å². The molecule has 1 aliphatic heterocycles. The van der Waals surface area contributed by atoms with Gasteiger partial charge in [0.15, 0.2) is 0 Å². The fraction of sp³-hybridized carbons (Fsp3) is 0.368. The zero-order valence-corrected chi connectivity index (χ0v) is 13.7. The molecule has 1 amide bonds. The molecule has 4 heteroatoms. The summed E-state index contributed by atoms with van der Waals surface area (Å²) in [5.74, 6) is 0.530. The number of amides is 1. The third-order valence-corrected chi connectivity index (χ3v) is 4.31. The van der Waals surface area contributed by atoms with Gasteiger partial charge in [0, 0.05) is 30.7 Å². The second-order valence-electron chi connectivity index (χ2n) is 6.41. The molecule has 1 aliphatic rings. The number of hydrogen-bond acceptors (Lipinski definition) is 3. The quantitative estimate of drug-likeness (QED) is 0.936. The van der Waals surface area contributed by atoms with Crippen LogP contribution in [0.4, 0.5) is 11.4 Å². The van der Waals surface area contributed by atoms with Crippen LogP contribution in [0.1, 0.15) is 35.8 Å². The summed E-state index contributed by atoms with van der Waals surface area (Å²) in [6.07, 6.45) is 4.20. The van der Waals surface area contributed by atoms with Gasteiger partial charge < -0.3 is 10.2 Å². The minimum atomic E-state index is -0.166. The van der Waals surface area contributed by atoms with Gasteiger partial charge in [0.2, 0.25) is 0 Å². The van der Waals surface area contributed by atoms with Crippen molar-refractivity contribution in [2.75, 3.05) is 23.3 Å². The van der Waals surface area contributed by atoms with E-state index in [-0.39, 0.29) is 5.91 Å². The molecule has 2 heterocycles. The maximum atomic E-state index is 12.4. The molecule has 1 N–H and O–H groups in total. The van der Waals surface area contributed by atoms with Crippen LogP contribution in [0.3, 0.4) is 0 Å². The van der Waals surface area contributed by atoms with Gasteiger partial charge in [-0.1, -0.05) is 24.6 Å². The summed E-state index contributed by atoms with van der Waals surface area (Å²) >= 11 is 0. The Morgan fingerprint density at radius 3 is 2.78 bits per heavy atom.